The third-order valence-corrected chi connectivity index (χ3v) is 3.67. The Morgan fingerprint density at radius 1 is 1.33 bits per heavy atom. The van der Waals surface area contributed by atoms with Crippen molar-refractivity contribution in [2.24, 2.45) is 11.7 Å². The van der Waals surface area contributed by atoms with Crippen molar-refractivity contribution in [3.63, 3.8) is 0 Å². The number of hydrogen-bond donors (Lipinski definition) is 1. The van der Waals surface area contributed by atoms with Gasteiger partial charge in [-0.3, -0.25) is 4.57 Å². The highest BCUT2D eigenvalue weighted by Crippen LogP contribution is 2.51. The Morgan fingerprint density at radius 2 is 1.75 bits per heavy atom. The summed E-state index contributed by atoms with van der Waals surface area (Å²) in [6.07, 6.45) is 0.638. The third-order valence-electron chi connectivity index (χ3n) is 1.63. The van der Waals surface area contributed by atoms with Crippen molar-refractivity contribution >= 4 is 7.60 Å². The molecule has 0 radical (unpaired) electrons. The lowest BCUT2D eigenvalue weighted by Gasteiger charge is -2.21. The third kappa shape index (κ3) is 3.23. The van der Waals surface area contributed by atoms with Crippen LogP contribution in [0.15, 0.2) is 0 Å². The molecule has 1 unspecified atom stereocenters. The smallest absolute Gasteiger partial charge is 0.318 e. The van der Waals surface area contributed by atoms with E-state index in [4.69, 9.17) is 14.8 Å². The molecule has 0 saturated carbocycles. The Balaban J connectivity index is 4.22. The summed E-state index contributed by atoms with van der Waals surface area (Å²) >= 11 is 0. The van der Waals surface area contributed by atoms with Crippen LogP contribution in [-0.2, 0) is 13.6 Å². The molecule has 4 nitrogen and oxygen atoms in total. The molecule has 0 rings (SSSR count). The highest BCUT2D eigenvalue weighted by Gasteiger charge is 2.30. The van der Waals surface area contributed by atoms with Gasteiger partial charge in [0.05, 0.1) is 0 Å². The summed E-state index contributed by atoms with van der Waals surface area (Å²) in [7, 11) is -0.345. The SMILES string of the molecule is COP(=O)(OC)C(N)CC(C)C. The lowest BCUT2D eigenvalue weighted by atomic mass is 10.1. The maximum absolute atomic E-state index is 11.6. The van der Waals surface area contributed by atoms with Gasteiger partial charge in [0, 0.05) is 14.2 Å². The minimum atomic E-state index is -3.05. The molecule has 0 aliphatic heterocycles. The molecule has 5 heteroatoms. The molecule has 0 fully saturated rings. The normalized spacial score (nSPS) is 15.2. The highest BCUT2D eigenvalue weighted by atomic mass is 31.2. The van der Waals surface area contributed by atoms with Crippen LogP contribution in [-0.4, -0.2) is 20.0 Å². The van der Waals surface area contributed by atoms with Gasteiger partial charge < -0.3 is 14.8 Å². The van der Waals surface area contributed by atoms with Gasteiger partial charge in [0.1, 0.15) is 5.78 Å². The first kappa shape index (κ1) is 12.1. The van der Waals surface area contributed by atoms with E-state index >= 15 is 0 Å². The molecule has 1 atom stereocenters. The van der Waals surface area contributed by atoms with E-state index in [1.807, 2.05) is 13.8 Å². The summed E-state index contributed by atoms with van der Waals surface area (Å²) in [6, 6.07) is 0. The molecule has 12 heavy (non-hydrogen) atoms. The van der Waals surface area contributed by atoms with E-state index in [-0.39, 0.29) is 0 Å². The van der Waals surface area contributed by atoms with Crippen molar-refractivity contribution in [3.05, 3.63) is 0 Å². The summed E-state index contributed by atoms with van der Waals surface area (Å²) in [4.78, 5) is 0. The van der Waals surface area contributed by atoms with Crippen LogP contribution < -0.4 is 5.73 Å². The van der Waals surface area contributed by atoms with E-state index in [9.17, 15) is 4.57 Å². The molecule has 74 valence electrons. The first-order chi connectivity index (χ1) is 5.46. The van der Waals surface area contributed by atoms with E-state index in [0.717, 1.165) is 0 Å². The zero-order valence-electron chi connectivity index (χ0n) is 8.11. The first-order valence-electron chi connectivity index (χ1n) is 3.93. The van der Waals surface area contributed by atoms with E-state index in [1.54, 1.807) is 0 Å². The molecule has 0 aliphatic rings. The van der Waals surface area contributed by atoms with Crippen molar-refractivity contribution in [2.75, 3.05) is 14.2 Å². The van der Waals surface area contributed by atoms with Gasteiger partial charge in [-0.05, 0) is 12.3 Å². The van der Waals surface area contributed by atoms with Crippen LogP contribution in [0.25, 0.3) is 0 Å². The Kier molecular flexibility index (Phi) is 5.02. The van der Waals surface area contributed by atoms with Gasteiger partial charge in [-0.1, -0.05) is 13.8 Å². The summed E-state index contributed by atoms with van der Waals surface area (Å²) in [5.74, 6) is -0.133. The monoisotopic (exact) mass is 195 g/mol. The van der Waals surface area contributed by atoms with Crippen LogP contribution in [0.4, 0.5) is 0 Å². The molecular formula is C7H18NO3P. The van der Waals surface area contributed by atoms with E-state index < -0.39 is 13.4 Å². The summed E-state index contributed by atoms with van der Waals surface area (Å²) in [5, 5.41) is 0. The summed E-state index contributed by atoms with van der Waals surface area (Å²) in [5.41, 5.74) is 5.66. The van der Waals surface area contributed by atoms with Gasteiger partial charge in [0.25, 0.3) is 0 Å². The van der Waals surface area contributed by atoms with E-state index in [1.165, 1.54) is 14.2 Å². The lowest BCUT2D eigenvalue weighted by Crippen LogP contribution is -2.23. The fourth-order valence-electron chi connectivity index (χ4n) is 0.957. The van der Waals surface area contributed by atoms with Crippen LogP contribution in [0.2, 0.25) is 0 Å². The van der Waals surface area contributed by atoms with Crippen molar-refractivity contribution < 1.29 is 13.6 Å². The zero-order valence-corrected chi connectivity index (χ0v) is 9.01. The standard InChI is InChI=1S/C7H18NO3P/c1-6(2)5-7(8)12(9,10-3)11-4/h6-7H,5,8H2,1-4H3. The molecule has 0 aliphatic carbocycles. The number of nitrogens with two attached hydrogens (primary N) is 1. The quantitative estimate of drug-likeness (QED) is 0.679. The van der Waals surface area contributed by atoms with Crippen molar-refractivity contribution in [2.45, 2.75) is 26.1 Å². The minimum absolute atomic E-state index is 0.388. The fourth-order valence-corrected chi connectivity index (χ4v) is 2.33. The second-order valence-electron chi connectivity index (χ2n) is 3.10. The predicted molar refractivity (Wildman–Crippen MR) is 49.1 cm³/mol. The Morgan fingerprint density at radius 3 is 2.00 bits per heavy atom. The second kappa shape index (κ2) is 4.97. The summed E-state index contributed by atoms with van der Waals surface area (Å²) < 4.78 is 21.1. The molecule has 0 bridgehead atoms. The van der Waals surface area contributed by atoms with Crippen molar-refractivity contribution in [1.82, 2.24) is 0 Å². The van der Waals surface area contributed by atoms with E-state index in [0.29, 0.717) is 12.3 Å². The van der Waals surface area contributed by atoms with Gasteiger partial charge in [0.15, 0.2) is 0 Å². The molecule has 2 N–H and O–H groups in total. The topological polar surface area (TPSA) is 61.5 Å². The highest BCUT2D eigenvalue weighted by molar-refractivity contribution is 7.54. The molecule has 0 aromatic heterocycles. The van der Waals surface area contributed by atoms with Gasteiger partial charge >= 0.3 is 7.60 Å². The first-order valence-corrected chi connectivity index (χ1v) is 5.54. The molecule has 0 saturated heterocycles. The van der Waals surface area contributed by atoms with Gasteiger partial charge in [-0.2, -0.15) is 0 Å². The van der Waals surface area contributed by atoms with Crippen LogP contribution in [0.5, 0.6) is 0 Å². The van der Waals surface area contributed by atoms with Crippen LogP contribution in [0.1, 0.15) is 20.3 Å². The molecule has 0 amide bonds. The van der Waals surface area contributed by atoms with Crippen molar-refractivity contribution in [3.8, 4) is 0 Å². The molecule has 0 aromatic carbocycles. The average Bonchev–Trinajstić information content (AvgIpc) is 2.02. The zero-order chi connectivity index (χ0) is 9.78. The molecular weight excluding hydrogens is 177 g/mol. The fraction of sp³-hybridized carbons (Fsp3) is 1.00. The molecule has 0 heterocycles. The van der Waals surface area contributed by atoms with E-state index in [2.05, 4.69) is 0 Å². The van der Waals surface area contributed by atoms with Crippen LogP contribution >= 0.6 is 7.60 Å². The van der Waals surface area contributed by atoms with Gasteiger partial charge in [0.2, 0.25) is 0 Å². The second-order valence-corrected chi connectivity index (χ2v) is 5.58. The minimum Gasteiger partial charge on any atom is -0.318 e. The van der Waals surface area contributed by atoms with Crippen molar-refractivity contribution in [1.29, 1.82) is 0 Å². The molecule has 0 aromatic rings. The van der Waals surface area contributed by atoms with Gasteiger partial charge in [-0.25, -0.2) is 0 Å². The largest absolute Gasteiger partial charge is 0.346 e. The van der Waals surface area contributed by atoms with Crippen LogP contribution in [0.3, 0.4) is 0 Å². The Labute approximate surface area is 74.0 Å². The lowest BCUT2D eigenvalue weighted by molar-refractivity contribution is 0.261. The van der Waals surface area contributed by atoms with Gasteiger partial charge in [-0.15, -0.1) is 0 Å². The Bertz CT molecular complexity index is 164. The maximum atomic E-state index is 11.6. The maximum Gasteiger partial charge on any atom is 0.346 e. The number of hydrogen-bond acceptors (Lipinski definition) is 4. The predicted octanol–water partition coefficient (Wildman–Crippen LogP) is 1.80. The number of rotatable bonds is 5. The summed E-state index contributed by atoms with van der Waals surface area (Å²) in [6.45, 7) is 4.02. The average molecular weight is 195 g/mol. The molecule has 0 spiro atoms. The van der Waals surface area contributed by atoms with Crippen LogP contribution in [0, 0.1) is 5.92 Å². The Hall–Kier alpha value is 0.110.